The summed E-state index contributed by atoms with van der Waals surface area (Å²) in [6, 6.07) is 0. The molecule has 1 heterocycles. The third-order valence-electron chi connectivity index (χ3n) is 1.27. The Labute approximate surface area is 67.4 Å². The van der Waals surface area contributed by atoms with Crippen molar-refractivity contribution in [3.8, 4) is 0 Å². The number of carbonyl (C=O) groups is 2. The van der Waals surface area contributed by atoms with Crippen molar-refractivity contribution in [3.05, 3.63) is 12.3 Å². The molecule has 1 aliphatic rings. The minimum Gasteiger partial charge on any atom is -0.477 e. The summed E-state index contributed by atoms with van der Waals surface area (Å²) in [5.41, 5.74) is -0.132. The van der Waals surface area contributed by atoms with Gasteiger partial charge in [-0.15, -0.1) is 0 Å². The predicted octanol–water partition coefficient (Wildman–Crippen LogP) is -0.0232. The Bertz CT molecular complexity index is 281. The third kappa shape index (κ3) is 1.60. The van der Waals surface area contributed by atoms with E-state index in [4.69, 9.17) is 10.2 Å². The minimum absolute atomic E-state index is 0.132. The van der Waals surface area contributed by atoms with Crippen LogP contribution in [0.4, 0.5) is 4.79 Å². The molecule has 0 atom stereocenters. The molecule has 0 aromatic heterocycles. The van der Waals surface area contributed by atoms with Gasteiger partial charge in [0.25, 0.3) is 0 Å². The second kappa shape index (κ2) is 3.04. The third-order valence-corrected chi connectivity index (χ3v) is 1.27. The second-order valence-corrected chi connectivity index (χ2v) is 2.06. The number of amides is 1. The molecular formula is C6H6N2O4. The van der Waals surface area contributed by atoms with E-state index < -0.39 is 12.1 Å². The molecule has 0 fully saturated rings. The zero-order valence-electron chi connectivity index (χ0n) is 5.97. The topological polar surface area (TPSA) is 90.2 Å². The van der Waals surface area contributed by atoms with Crippen molar-refractivity contribution in [2.75, 3.05) is 6.67 Å². The molecule has 6 nitrogen and oxygen atoms in total. The Balaban J connectivity index is 2.68. The minimum atomic E-state index is -1.16. The van der Waals surface area contributed by atoms with Crippen molar-refractivity contribution in [2.45, 2.75) is 0 Å². The molecule has 6 heteroatoms. The number of carboxylic acids is 1. The van der Waals surface area contributed by atoms with E-state index in [1.54, 1.807) is 0 Å². The summed E-state index contributed by atoms with van der Waals surface area (Å²) in [6.45, 7) is -0.159. The molecule has 0 radical (unpaired) electrons. The van der Waals surface area contributed by atoms with E-state index >= 15 is 0 Å². The van der Waals surface area contributed by atoms with Crippen LogP contribution in [0.15, 0.2) is 17.3 Å². The average Bonchev–Trinajstić information content (AvgIpc) is 2.04. The lowest BCUT2D eigenvalue weighted by molar-refractivity contribution is -0.129. The summed E-state index contributed by atoms with van der Waals surface area (Å²) in [7, 11) is 0. The smallest absolute Gasteiger partial charge is 0.412 e. The van der Waals surface area contributed by atoms with Gasteiger partial charge in [0, 0.05) is 6.20 Å². The molecule has 2 N–H and O–H groups in total. The second-order valence-electron chi connectivity index (χ2n) is 2.06. The standard InChI is InChI=1S/C6H6N2O4/c9-5(10)4-1-2-8(3-7-4)6(11)12/h1-2H,3H2,(H,9,10)(H,11,12). The van der Waals surface area contributed by atoms with Crippen LogP contribution in [0.2, 0.25) is 0 Å². The van der Waals surface area contributed by atoms with Gasteiger partial charge >= 0.3 is 12.1 Å². The molecule has 0 saturated heterocycles. The van der Waals surface area contributed by atoms with Gasteiger partial charge in [-0.3, -0.25) is 9.89 Å². The fourth-order valence-corrected chi connectivity index (χ4v) is 0.676. The van der Waals surface area contributed by atoms with Crippen LogP contribution >= 0.6 is 0 Å². The molecule has 12 heavy (non-hydrogen) atoms. The molecule has 0 aliphatic carbocycles. The molecule has 1 aliphatic heterocycles. The van der Waals surface area contributed by atoms with Crippen molar-refractivity contribution < 1.29 is 19.8 Å². The molecule has 0 aromatic carbocycles. The largest absolute Gasteiger partial charge is 0.477 e. The van der Waals surface area contributed by atoms with E-state index in [9.17, 15) is 9.59 Å². The molecule has 0 unspecified atom stereocenters. The maximum absolute atomic E-state index is 10.3. The van der Waals surface area contributed by atoms with Gasteiger partial charge in [-0.05, 0) is 6.08 Å². The molecule has 1 rings (SSSR count). The van der Waals surface area contributed by atoms with Gasteiger partial charge in [-0.1, -0.05) is 0 Å². The molecule has 64 valence electrons. The Hall–Kier alpha value is -1.85. The number of rotatable bonds is 1. The number of aliphatic imine (C=N–C) groups is 1. The highest BCUT2D eigenvalue weighted by atomic mass is 16.4. The molecule has 0 spiro atoms. The fourth-order valence-electron chi connectivity index (χ4n) is 0.676. The maximum atomic E-state index is 10.3. The first kappa shape index (κ1) is 8.25. The van der Waals surface area contributed by atoms with Crippen LogP contribution in [-0.4, -0.2) is 39.6 Å². The van der Waals surface area contributed by atoms with Crippen LogP contribution in [0, 0.1) is 0 Å². The summed E-state index contributed by atoms with van der Waals surface area (Å²) in [6.07, 6.45) is 1.15. The first-order chi connectivity index (χ1) is 5.61. The zero-order chi connectivity index (χ0) is 9.14. The highest BCUT2D eigenvalue weighted by Gasteiger charge is 2.14. The summed E-state index contributed by atoms with van der Waals surface area (Å²) in [5.74, 6) is -1.16. The molecule has 0 bridgehead atoms. The van der Waals surface area contributed by atoms with Gasteiger partial charge in [0.2, 0.25) is 0 Å². The lowest BCUT2D eigenvalue weighted by atomic mass is 10.3. The highest BCUT2D eigenvalue weighted by Crippen LogP contribution is 1.99. The zero-order valence-corrected chi connectivity index (χ0v) is 5.97. The number of aliphatic carboxylic acids is 1. The van der Waals surface area contributed by atoms with E-state index in [0.29, 0.717) is 0 Å². The number of carboxylic acid groups (broad SMARTS) is 2. The van der Waals surface area contributed by atoms with Crippen LogP contribution < -0.4 is 0 Å². The number of hydrogen-bond acceptors (Lipinski definition) is 3. The van der Waals surface area contributed by atoms with Crippen molar-refractivity contribution >= 4 is 17.8 Å². The van der Waals surface area contributed by atoms with E-state index in [1.807, 2.05) is 0 Å². The van der Waals surface area contributed by atoms with Crippen LogP contribution in [-0.2, 0) is 4.79 Å². The molecular weight excluding hydrogens is 164 g/mol. The van der Waals surface area contributed by atoms with E-state index in [1.165, 1.54) is 6.20 Å². The monoisotopic (exact) mass is 170 g/mol. The molecule has 1 amide bonds. The first-order valence-electron chi connectivity index (χ1n) is 3.07. The summed E-state index contributed by atoms with van der Waals surface area (Å²) in [5, 5.41) is 16.8. The van der Waals surface area contributed by atoms with Crippen molar-refractivity contribution in [1.29, 1.82) is 0 Å². The predicted molar refractivity (Wildman–Crippen MR) is 38.9 cm³/mol. The first-order valence-corrected chi connectivity index (χ1v) is 3.07. The van der Waals surface area contributed by atoms with Gasteiger partial charge in [-0.2, -0.15) is 0 Å². The van der Waals surface area contributed by atoms with Crippen molar-refractivity contribution in [2.24, 2.45) is 4.99 Å². The Morgan fingerprint density at radius 1 is 1.50 bits per heavy atom. The van der Waals surface area contributed by atoms with Crippen molar-refractivity contribution in [3.63, 3.8) is 0 Å². The van der Waals surface area contributed by atoms with E-state index in [-0.39, 0.29) is 12.4 Å². The van der Waals surface area contributed by atoms with Crippen LogP contribution in [0.25, 0.3) is 0 Å². The van der Waals surface area contributed by atoms with Gasteiger partial charge < -0.3 is 10.2 Å². The lowest BCUT2D eigenvalue weighted by Crippen LogP contribution is -2.29. The fraction of sp³-hybridized carbons (Fsp3) is 0.167. The van der Waals surface area contributed by atoms with E-state index in [0.717, 1.165) is 11.0 Å². The van der Waals surface area contributed by atoms with Gasteiger partial charge in [0.15, 0.2) is 0 Å². The average molecular weight is 170 g/mol. The molecule has 0 aromatic rings. The van der Waals surface area contributed by atoms with Crippen LogP contribution in [0.3, 0.4) is 0 Å². The van der Waals surface area contributed by atoms with E-state index in [2.05, 4.69) is 4.99 Å². The summed E-state index contributed by atoms with van der Waals surface area (Å²) >= 11 is 0. The summed E-state index contributed by atoms with van der Waals surface area (Å²) < 4.78 is 0. The summed E-state index contributed by atoms with van der Waals surface area (Å²) in [4.78, 5) is 25.0. The number of nitrogens with zero attached hydrogens (tertiary/aromatic N) is 2. The normalized spacial score (nSPS) is 15.7. The Kier molecular flexibility index (Phi) is 2.09. The Morgan fingerprint density at radius 3 is 2.50 bits per heavy atom. The number of hydrogen-bond donors (Lipinski definition) is 2. The highest BCUT2D eigenvalue weighted by molar-refractivity contribution is 6.40. The van der Waals surface area contributed by atoms with Crippen LogP contribution in [0.1, 0.15) is 0 Å². The SMILES string of the molecule is O=C(O)C1=NCN(C(=O)O)C=C1. The van der Waals surface area contributed by atoms with Crippen LogP contribution in [0.5, 0.6) is 0 Å². The lowest BCUT2D eigenvalue weighted by Gasteiger charge is -2.14. The van der Waals surface area contributed by atoms with Gasteiger partial charge in [0.1, 0.15) is 12.4 Å². The maximum Gasteiger partial charge on any atom is 0.412 e. The van der Waals surface area contributed by atoms with Crippen molar-refractivity contribution in [1.82, 2.24) is 4.90 Å². The van der Waals surface area contributed by atoms with Gasteiger partial charge in [-0.25, -0.2) is 9.59 Å². The molecule has 0 saturated carbocycles. The van der Waals surface area contributed by atoms with Gasteiger partial charge in [0.05, 0.1) is 0 Å². The quantitative estimate of drug-likeness (QED) is 0.578. The Morgan fingerprint density at radius 2 is 2.17 bits per heavy atom.